The number of hydrogen-bond donors (Lipinski definition) is 1. The van der Waals surface area contributed by atoms with E-state index in [0.29, 0.717) is 24.5 Å². The van der Waals surface area contributed by atoms with Crippen LogP contribution in [0.25, 0.3) is 0 Å². The highest BCUT2D eigenvalue weighted by Gasteiger charge is 2.16. The Balaban J connectivity index is 1.37. The van der Waals surface area contributed by atoms with E-state index in [1.807, 2.05) is 37.3 Å². The fourth-order valence-corrected chi connectivity index (χ4v) is 3.08. The molecule has 1 heterocycles. The van der Waals surface area contributed by atoms with Crippen molar-refractivity contribution in [3.05, 3.63) is 65.7 Å². The van der Waals surface area contributed by atoms with E-state index >= 15 is 0 Å². The van der Waals surface area contributed by atoms with Gasteiger partial charge in [-0.25, -0.2) is 4.79 Å². The third-order valence-corrected chi connectivity index (χ3v) is 4.86. The van der Waals surface area contributed by atoms with Gasteiger partial charge in [0.1, 0.15) is 12.4 Å². The lowest BCUT2D eigenvalue weighted by molar-refractivity contribution is -0.124. The van der Waals surface area contributed by atoms with Crippen molar-refractivity contribution in [1.29, 1.82) is 0 Å². The van der Waals surface area contributed by atoms with Crippen molar-refractivity contribution in [2.24, 2.45) is 0 Å². The van der Waals surface area contributed by atoms with Crippen LogP contribution in [0.3, 0.4) is 0 Å². The van der Waals surface area contributed by atoms with Crippen LogP contribution >= 0.6 is 0 Å². The smallest absolute Gasteiger partial charge is 0.338 e. The summed E-state index contributed by atoms with van der Waals surface area (Å²) < 4.78 is 16.3. The van der Waals surface area contributed by atoms with Gasteiger partial charge in [0.15, 0.2) is 6.61 Å². The lowest BCUT2D eigenvalue weighted by atomic mass is 10.0. The van der Waals surface area contributed by atoms with Crippen molar-refractivity contribution in [1.82, 2.24) is 5.32 Å². The van der Waals surface area contributed by atoms with E-state index in [1.54, 1.807) is 24.3 Å². The van der Waals surface area contributed by atoms with Crippen LogP contribution in [-0.4, -0.2) is 44.3 Å². The minimum atomic E-state index is -0.540. The van der Waals surface area contributed by atoms with Gasteiger partial charge in [-0.3, -0.25) is 4.79 Å². The Labute approximate surface area is 171 Å². The number of carbonyl (C=O) groups excluding carboxylic acids is 2. The molecule has 3 rings (SSSR count). The quantitative estimate of drug-likeness (QED) is 0.657. The molecule has 2 aromatic rings. The molecule has 6 heteroatoms. The molecular weight excluding hydrogens is 370 g/mol. The van der Waals surface area contributed by atoms with Crippen LogP contribution in [0.15, 0.2) is 54.6 Å². The van der Waals surface area contributed by atoms with E-state index in [-0.39, 0.29) is 24.5 Å². The normalized spacial score (nSPS) is 16.8. The second kappa shape index (κ2) is 10.6. The number of esters is 1. The van der Waals surface area contributed by atoms with Gasteiger partial charge in [0.2, 0.25) is 0 Å². The summed E-state index contributed by atoms with van der Waals surface area (Å²) in [6, 6.07) is 16.6. The van der Waals surface area contributed by atoms with E-state index in [4.69, 9.17) is 14.2 Å². The second-order valence-corrected chi connectivity index (χ2v) is 7.16. The molecule has 0 bridgehead atoms. The summed E-state index contributed by atoms with van der Waals surface area (Å²) in [6.45, 7) is 3.50. The second-order valence-electron chi connectivity index (χ2n) is 7.16. The Kier molecular flexibility index (Phi) is 7.64. The Hall–Kier alpha value is -2.86. The zero-order chi connectivity index (χ0) is 20.5. The standard InChI is InChI=1S/C23H27NO5/c1-17(18-6-3-2-4-7-18)14-24-22(25)16-29-23(26)19-9-11-20(12-10-19)28-15-21-8-5-13-27-21/h2-4,6-7,9-12,17,21H,5,8,13-16H2,1H3,(H,24,25)/t17-,21-/m1/s1. The summed E-state index contributed by atoms with van der Waals surface area (Å²) in [7, 11) is 0. The lowest BCUT2D eigenvalue weighted by Gasteiger charge is -2.13. The summed E-state index contributed by atoms with van der Waals surface area (Å²) in [6.07, 6.45) is 2.22. The molecule has 0 radical (unpaired) electrons. The largest absolute Gasteiger partial charge is 0.491 e. The maximum absolute atomic E-state index is 12.1. The van der Waals surface area contributed by atoms with Crippen LogP contribution in [0.5, 0.6) is 5.75 Å². The van der Waals surface area contributed by atoms with E-state index in [2.05, 4.69) is 5.32 Å². The topological polar surface area (TPSA) is 73.9 Å². The number of amides is 1. The van der Waals surface area contributed by atoms with Gasteiger partial charge < -0.3 is 19.5 Å². The predicted octanol–water partition coefficient (Wildman–Crippen LogP) is 3.32. The number of ether oxygens (including phenoxy) is 3. The summed E-state index contributed by atoms with van der Waals surface area (Å²) >= 11 is 0. The molecule has 0 saturated carbocycles. The highest BCUT2D eigenvalue weighted by atomic mass is 16.5. The summed E-state index contributed by atoms with van der Waals surface area (Å²) in [5.74, 6) is -0.0118. The van der Waals surface area contributed by atoms with Gasteiger partial charge in [-0.15, -0.1) is 0 Å². The molecule has 0 spiro atoms. The molecule has 1 aliphatic rings. The van der Waals surface area contributed by atoms with E-state index in [1.165, 1.54) is 0 Å². The van der Waals surface area contributed by atoms with E-state index < -0.39 is 5.97 Å². The molecule has 0 aromatic heterocycles. The molecule has 29 heavy (non-hydrogen) atoms. The third kappa shape index (κ3) is 6.61. The Morgan fingerprint density at radius 1 is 1.14 bits per heavy atom. The number of nitrogens with one attached hydrogen (secondary N) is 1. The number of rotatable bonds is 9. The molecule has 1 saturated heterocycles. The van der Waals surface area contributed by atoms with E-state index in [9.17, 15) is 9.59 Å². The lowest BCUT2D eigenvalue weighted by Crippen LogP contribution is -2.31. The van der Waals surface area contributed by atoms with Gasteiger partial charge in [-0.1, -0.05) is 37.3 Å². The SMILES string of the molecule is C[C@H](CNC(=O)COC(=O)c1ccc(OC[C@H]2CCCO2)cc1)c1ccccc1. The molecule has 0 aliphatic carbocycles. The van der Waals surface area contributed by atoms with Gasteiger partial charge in [-0.2, -0.15) is 0 Å². The molecule has 1 fully saturated rings. The molecule has 1 amide bonds. The van der Waals surface area contributed by atoms with Gasteiger partial charge >= 0.3 is 5.97 Å². The molecule has 6 nitrogen and oxygen atoms in total. The Bertz CT molecular complexity index is 785. The zero-order valence-electron chi connectivity index (χ0n) is 16.6. The Morgan fingerprint density at radius 3 is 2.59 bits per heavy atom. The first-order valence-electron chi connectivity index (χ1n) is 9.95. The highest BCUT2D eigenvalue weighted by molar-refractivity contribution is 5.91. The Morgan fingerprint density at radius 2 is 1.90 bits per heavy atom. The van der Waals surface area contributed by atoms with Crippen molar-refractivity contribution < 1.29 is 23.8 Å². The minimum absolute atomic E-state index is 0.141. The fourth-order valence-electron chi connectivity index (χ4n) is 3.08. The molecule has 0 unspecified atom stereocenters. The molecule has 154 valence electrons. The first kappa shape index (κ1) is 20.9. The fraction of sp³-hybridized carbons (Fsp3) is 0.391. The molecule has 2 aromatic carbocycles. The summed E-state index contributed by atoms with van der Waals surface area (Å²) in [4.78, 5) is 24.1. The van der Waals surface area contributed by atoms with Crippen LogP contribution in [0, 0.1) is 0 Å². The zero-order valence-corrected chi connectivity index (χ0v) is 16.6. The molecular formula is C23H27NO5. The number of carbonyl (C=O) groups is 2. The first-order chi connectivity index (χ1) is 14.1. The van der Waals surface area contributed by atoms with Crippen molar-refractivity contribution in [3.8, 4) is 5.75 Å². The van der Waals surface area contributed by atoms with Crippen molar-refractivity contribution >= 4 is 11.9 Å². The van der Waals surface area contributed by atoms with Crippen LogP contribution < -0.4 is 10.1 Å². The molecule has 1 aliphatic heterocycles. The summed E-state index contributed by atoms with van der Waals surface area (Å²) in [5, 5.41) is 2.79. The first-order valence-corrected chi connectivity index (χ1v) is 9.95. The van der Waals surface area contributed by atoms with Gasteiger partial charge in [0.05, 0.1) is 11.7 Å². The van der Waals surface area contributed by atoms with Crippen LogP contribution in [0.2, 0.25) is 0 Å². The van der Waals surface area contributed by atoms with Crippen LogP contribution in [-0.2, 0) is 14.3 Å². The third-order valence-electron chi connectivity index (χ3n) is 4.86. The average molecular weight is 397 g/mol. The number of hydrogen-bond acceptors (Lipinski definition) is 5. The minimum Gasteiger partial charge on any atom is -0.491 e. The maximum atomic E-state index is 12.1. The van der Waals surface area contributed by atoms with Crippen molar-refractivity contribution in [3.63, 3.8) is 0 Å². The van der Waals surface area contributed by atoms with Gasteiger partial charge in [0, 0.05) is 13.2 Å². The number of benzene rings is 2. The molecule has 1 N–H and O–H groups in total. The van der Waals surface area contributed by atoms with Crippen molar-refractivity contribution in [2.75, 3.05) is 26.4 Å². The monoisotopic (exact) mass is 397 g/mol. The van der Waals surface area contributed by atoms with Crippen molar-refractivity contribution in [2.45, 2.75) is 31.8 Å². The van der Waals surface area contributed by atoms with Gasteiger partial charge in [-0.05, 0) is 48.6 Å². The van der Waals surface area contributed by atoms with Crippen LogP contribution in [0.4, 0.5) is 0 Å². The maximum Gasteiger partial charge on any atom is 0.338 e. The molecule has 2 atom stereocenters. The van der Waals surface area contributed by atoms with Gasteiger partial charge in [0.25, 0.3) is 5.91 Å². The summed E-state index contributed by atoms with van der Waals surface area (Å²) in [5.41, 5.74) is 1.52. The van der Waals surface area contributed by atoms with Crippen LogP contribution in [0.1, 0.15) is 41.6 Å². The van der Waals surface area contributed by atoms with E-state index in [0.717, 1.165) is 25.0 Å². The average Bonchev–Trinajstić information content (AvgIpc) is 3.29. The highest BCUT2D eigenvalue weighted by Crippen LogP contribution is 2.17. The predicted molar refractivity (Wildman–Crippen MR) is 109 cm³/mol.